The molecule has 0 spiro atoms. The number of halogens is 2. The van der Waals surface area contributed by atoms with Crippen molar-refractivity contribution in [2.45, 2.75) is 52.6 Å². The molecule has 0 radical (unpaired) electrons. The van der Waals surface area contributed by atoms with Gasteiger partial charge >= 0.3 is 11.9 Å². The van der Waals surface area contributed by atoms with E-state index in [-0.39, 0.29) is 12.3 Å². The molecule has 1 amide bonds. The quantitative estimate of drug-likeness (QED) is 0.520. The second-order valence-electron chi connectivity index (χ2n) is 9.52. The number of imidazole rings is 1. The van der Waals surface area contributed by atoms with E-state index in [0.29, 0.717) is 35.1 Å². The Morgan fingerprint density at radius 1 is 1.26 bits per heavy atom. The average Bonchev–Trinajstić information content (AvgIpc) is 3.31. The zero-order valence-electron chi connectivity index (χ0n) is 19.6. The summed E-state index contributed by atoms with van der Waals surface area (Å²) in [7, 11) is 1.26. The number of esters is 1. The van der Waals surface area contributed by atoms with E-state index in [9.17, 15) is 19.5 Å². The summed E-state index contributed by atoms with van der Waals surface area (Å²) in [6, 6.07) is 4.41. The van der Waals surface area contributed by atoms with E-state index < -0.39 is 34.7 Å². The van der Waals surface area contributed by atoms with Crippen molar-refractivity contribution < 1.29 is 24.2 Å². The summed E-state index contributed by atoms with van der Waals surface area (Å²) in [6.07, 6.45) is 4.36. The highest BCUT2D eigenvalue weighted by Crippen LogP contribution is 2.56. The van der Waals surface area contributed by atoms with Crippen LogP contribution in [0.25, 0.3) is 0 Å². The summed E-state index contributed by atoms with van der Waals surface area (Å²) >= 11 is 12.0. The molecule has 1 aromatic heterocycles. The number of nitrogens with one attached hydrogen (secondary N) is 1. The molecule has 0 aliphatic heterocycles. The highest BCUT2D eigenvalue weighted by atomic mass is 35.5. The van der Waals surface area contributed by atoms with E-state index in [2.05, 4.69) is 10.3 Å². The summed E-state index contributed by atoms with van der Waals surface area (Å²) < 4.78 is 6.73. The molecule has 3 atom stereocenters. The molecular formula is C24H29Cl2N3O5. The predicted octanol–water partition coefficient (Wildman–Crippen LogP) is 3.97. The number of methoxy groups -OCH3 is 1. The topological polar surface area (TPSA) is 111 Å². The number of hydrogen-bond donors (Lipinski definition) is 2. The number of aromatic nitrogens is 2. The van der Waals surface area contributed by atoms with Crippen molar-refractivity contribution in [3.8, 4) is 0 Å². The zero-order chi connectivity index (χ0) is 25.3. The number of rotatable bonds is 8. The minimum absolute atomic E-state index is 0.135. The van der Waals surface area contributed by atoms with Crippen LogP contribution in [0.5, 0.6) is 0 Å². The van der Waals surface area contributed by atoms with Gasteiger partial charge in [0.2, 0.25) is 5.91 Å². The van der Waals surface area contributed by atoms with Crippen LogP contribution in [-0.4, -0.2) is 45.7 Å². The maximum absolute atomic E-state index is 13.1. The number of amides is 1. The molecule has 184 valence electrons. The normalized spacial score (nSPS) is 22.2. The monoisotopic (exact) mass is 509 g/mol. The molecule has 0 saturated heterocycles. The van der Waals surface area contributed by atoms with E-state index in [0.717, 1.165) is 5.56 Å². The average molecular weight is 510 g/mol. The van der Waals surface area contributed by atoms with Gasteiger partial charge in [0.15, 0.2) is 0 Å². The van der Waals surface area contributed by atoms with E-state index in [1.807, 2.05) is 10.6 Å². The number of benzene rings is 1. The lowest BCUT2D eigenvalue weighted by Crippen LogP contribution is -2.50. The minimum atomic E-state index is -1.03. The van der Waals surface area contributed by atoms with Crippen LogP contribution in [0.3, 0.4) is 0 Å². The number of carbonyl (C=O) groups excluding carboxylic acids is 2. The third-order valence-corrected chi connectivity index (χ3v) is 8.01. The van der Waals surface area contributed by atoms with Crippen molar-refractivity contribution in [2.24, 2.45) is 16.7 Å². The van der Waals surface area contributed by atoms with Gasteiger partial charge in [-0.05, 0) is 42.9 Å². The molecule has 0 bridgehead atoms. The predicted molar refractivity (Wildman–Crippen MR) is 128 cm³/mol. The molecule has 1 aliphatic carbocycles. The molecule has 1 aromatic carbocycles. The van der Waals surface area contributed by atoms with Crippen LogP contribution in [0.15, 0.2) is 30.7 Å². The Morgan fingerprint density at radius 2 is 1.97 bits per heavy atom. The number of carbonyl (C=O) groups is 3. The van der Waals surface area contributed by atoms with Gasteiger partial charge in [-0.2, -0.15) is 0 Å². The molecule has 2 unspecified atom stereocenters. The van der Waals surface area contributed by atoms with Crippen LogP contribution in [0, 0.1) is 16.7 Å². The number of nitrogens with zero attached hydrogens (tertiary/aromatic N) is 2. The Kier molecular flexibility index (Phi) is 7.62. The highest BCUT2D eigenvalue weighted by Gasteiger charge is 2.58. The van der Waals surface area contributed by atoms with Gasteiger partial charge in [0.1, 0.15) is 6.04 Å². The Bertz CT molecular complexity index is 1100. The van der Waals surface area contributed by atoms with Gasteiger partial charge in [-0.25, -0.2) is 9.78 Å². The second kappa shape index (κ2) is 9.96. The van der Waals surface area contributed by atoms with Gasteiger partial charge in [0.05, 0.1) is 34.6 Å². The first-order valence-electron chi connectivity index (χ1n) is 10.9. The largest absolute Gasteiger partial charge is 0.481 e. The fraction of sp³-hybridized carbons (Fsp3) is 0.500. The van der Waals surface area contributed by atoms with E-state index in [1.165, 1.54) is 7.11 Å². The van der Waals surface area contributed by atoms with Crippen molar-refractivity contribution in [1.29, 1.82) is 0 Å². The SMILES string of the molecule is COC(=O)[C@H](Cc1cn(Cc2ccc(Cl)c(Cl)c2)cn1)NC(=O)C1CCC(C)(C(=O)O)C1(C)C. The van der Waals surface area contributed by atoms with Crippen LogP contribution >= 0.6 is 23.2 Å². The van der Waals surface area contributed by atoms with Crippen LogP contribution in [0.4, 0.5) is 0 Å². The molecule has 10 heteroatoms. The van der Waals surface area contributed by atoms with Crippen LogP contribution in [-0.2, 0) is 32.1 Å². The zero-order valence-corrected chi connectivity index (χ0v) is 21.1. The van der Waals surface area contributed by atoms with E-state index >= 15 is 0 Å². The Hall–Kier alpha value is -2.58. The Labute approximate surface area is 208 Å². The van der Waals surface area contributed by atoms with Crippen molar-refractivity contribution in [3.05, 3.63) is 52.0 Å². The first-order valence-corrected chi connectivity index (χ1v) is 11.7. The number of carboxylic acids is 1. The first kappa shape index (κ1) is 26.0. The minimum Gasteiger partial charge on any atom is -0.481 e. The molecule has 3 rings (SSSR count). The first-order chi connectivity index (χ1) is 15.9. The van der Waals surface area contributed by atoms with Crippen LogP contribution < -0.4 is 5.32 Å². The van der Waals surface area contributed by atoms with Crippen molar-refractivity contribution >= 4 is 41.0 Å². The van der Waals surface area contributed by atoms with Crippen LogP contribution in [0.1, 0.15) is 44.9 Å². The third-order valence-electron chi connectivity index (χ3n) is 7.27. The fourth-order valence-electron chi connectivity index (χ4n) is 4.61. The fourth-order valence-corrected chi connectivity index (χ4v) is 4.93. The molecule has 8 nitrogen and oxygen atoms in total. The standard InChI is InChI=1S/C24H29Cl2N3O5/c1-23(2)16(7-8-24(23,3)22(32)33)20(30)28-19(21(31)34-4)10-15-12-29(13-27-15)11-14-5-6-17(25)18(26)9-14/h5-6,9,12-13,16,19H,7-8,10-11H2,1-4H3,(H,28,30)(H,32,33)/t16?,19-,24?/m0/s1. The summed E-state index contributed by atoms with van der Waals surface area (Å²) in [5, 5.41) is 13.4. The maximum Gasteiger partial charge on any atom is 0.328 e. The number of carboxylic acid groups (broad SMARTS) is 1. The number of ether oxygens (including phenoxy) is 1. The van der Waals surface area contributed by atoms with E-state index in [4.69, 9.17) is 27.9 Å². The molecule has 2 N–H and O–H groups in total. The molecule has 1 saturated carbocycles. The van der Waals surface area contributed by atoms with Gasteiger partial charge < -0.3 is 19.7 Å². The lowest BCUT2D eigenvalue weighted by molar-refractivity contribution is -0.156. The highest BCUT2D eigenvalue weighted by molar-refractivity contribution is 6.42. The summed E-state index contributed by atoms with van der Waals surface area (Å²) in [5.74, 6) is -2.43. The van der Waals surface area contributed by atoms with Gasteiger partial charge in [-0.15, -0.1) is 0 Å². The lowest BCUT2D eigenvalue weighted by atomic mass is 9.65. The van der Waals surface area contributed by atoms with Crippen LogP contribution in [0.2, 0.25) is 10.0 Å². The molecule has 1 fully saturated rings. The van der Waals surface area contributed by atoms with Gasteiger partial charge in [0, 0.05) is 25.1 Å². The summed E-state index contributed by atoms with van der Waals surface area (Å²) in [6.45, 7) is 5.75. The lowest BCUT2D eigenvalue weighted by Gasteiger charge is -2.38. The number of aliphatic carboxylic acids is 1. The van der Waals surface area contributed by atoms with Crippen molar-refractivity contribution in [3.63, 3.8) is 0 Å². The molecule has 2 aromatic rings. The molecule has 1 aliphatic rings. The van der Waals surface area contributed by atoms with Crippen molar-refractivity contribution in [2.75, 3.05) is 7.11 Å². The smallest absolute Gasteiger partial charge is 0.328 e. The molecular weight excluding hydrogens is 481 g/mol. The summed E-state index contributed by atoms with van der Waals surface area (Å²) in [5.41, 5.74) is -0.289. The molecule has 34 heavy (non-hydrogen) atoms. The Morgan fingerprint density at radius 3 is 2.56 bits per heavy atom. The second-order valence-corrected chi connectivity index (χ2v) is 10.3. The third kappa shape index (κ3) is 5.08. The summed E-state index contributed by atoms with van der Waals surface area (Å²) in [4.78, 5) is 41.8. The van der Waals surface area contributed by atoms with E-state index in [1.54, 1.807) is 45.4 Å². The van der Waals surface area contributed by atoms with Gasteiger partial charge in [0.25, 0.3) is 0 Å². The maximum atomic E-state index is 13.1. The van der Waals surface area contributed by atoms with Gasteiger partial charge in [-0.1, -0.05) is 43.1 Å². The van der Waals surface area contributed by atoms with Gasteiger partial charge in [-0.3, -0.25) is 9.59 Å². The number of hydrogen-bond acceptors (Lipinski definition) is 5. The molecule has 1 heterocycles. The Balaban J connectivity index is 1.71. The van der Waals surface area contributed by atoms with Crippen molar-refractivity contribution in [1.82, 2.24) is 14.9 Å².